The average Bonchev–Trinajstić information content (AvgIpc) is 2.35. The summed E-state index contributed by atoms with van der Waals surface area (Å²) in [5.41, 5.74) is 0. The highest BCUT2D eigenvalue weighted by Crippen LogP contribution is 2.34. The fourth-order valence-corrected chi connectivity index (χ4v) is 4.78. The maximum atomic E-state index is 3.75. The van der Waals surface area contributed by atoms with Gasteiger partial charge in [-0.25, -0.2) is 0 Å². The van der Waals surface area contributed by atoms with E-state index in [1.165, 1.54) is 44.0 Å². The molecule has 0 aromatic rings. The minimum atomic E-state index is 0.753. The lowest BCUT2D eigenvalue weighted by atomic mass is 9.72. The fraction of sp³-hybridized carbons (Fsp3) is 1.00. The summed E-state index contributed by atoms with van der Waals surface area (Å²) in [7, 11) is 0. The molecule has 1 heterocycles. The standard InChI is InChI=1S/C15H30N2S/c1-4-16-15-10-12(2)9-13(3)14(15)11-17-5-7-18-8-6-17/h12-16H,4-11H2,1-3H3. The summed E-state index contributed by atoms with van der Waals surface area (Å²) < 4.78 is 0. The molecule has 1 saturated heterocycles. The molecular formula is C15H30N2S. The molecule has 2 rings (SSSR count). The van der Waals surface area contributed by atoms with Crippen molar-refractivity contribution in [1.29, 1.82) is 0 Å². The zero-order valence-electron chi connectivity index (χ0n) is 12.3. The first-order valence-electron chi connectivity index (χ1n) is 7.74. The maximum Gasteiger partial charge on any atom is 0.0112 e. The molecule has 18 heavy (non-hydrogen) atoms. The average molecular weight is 270 g/mol. The van der Waals surface area contributed by atoms with Crippen molar-refractivity contribution in [3.63, 3.8) is 0 Å². The molecule has 2 aliphatic rings. The smallest absolute Gasteiger partial charge is 0.0112 e. The Morgan fingerprint density at radius 2 is 1.89 bits per heavy atom. The molecule has 1 aliphatic heterocycles. The molecule has 0 aromatic carbocycles. The summed E-state index contributed by atoms with van der Waals surface area (Å²) in [4.78, 5) is 2.71. The van der Waals surface area contributed by atoms with Crippen molar-refractivity contribution >= 4 is 11.8 Å². The lowest BCUT2D eigenvalue weighted by molar-refractivity contribution is 0.106. The van der Waals surface area contributed by atoms with Crippen LogP contribution in [-0.4, -0.2) is 48.6 Å². The quantitative estimate of drug-likeness (QED) is 0.845. The highest BCUT2D eigenvalue weighted by molar-refractivity contribution is 7.99. The Kier molecular flexibility index (Phi) is 5.84. The molecule has 0 radical (unpaired) electrons. The summed E-state index contributed by atoms with van der Waals surface area (Å²) >= 11 is 2.12. The van der Waals surface area contributed by atoms with Crippen LogP contribution in [-0.2, 0) is 0 Å². The molecule has 0 spiro atoms. The van der Waals surface area contributed by atoms with Crippen molar-refractivity contribution in [1.82, 2.24) is 10.2 Å². The van der Waals surface area contributed by atoms with Gasteiger partial charge in [-0.2, -0.15) is 11.8 Å². The monoisotopic (exact) mass is 270 g/mol. The Balaban J connectivity index is 1.92. The molecule has 0 aromatic heterocycles. The van der Waals surface area contributed by atoms with E-state index in [-0.39, 0.29) is 0 Å². The summed E-state index contributed by atoms with van der Waals surface area (Å²) in [6, 6.07) is 0.753. The number of hydrogen-bond acceptors (Lipinski definition) is 3. The Hall–Kier alpha value is 0.270. The molecule has 106 valence electrons. The summed E-state index contributed by atoms with van der Waals surface area (Å²) in [6.07, 6.45) is 2.81. The van der Waals surface area contributed by atoms with Crippen LogP contribution in [0.15, 0.2) is 0 Å². The van der Waals surface area contributed by atoms with Gasteiger partial charge in [-0.05, 0) is 37.1 Å². The van der Waals surface area contributed by atoms with E-state index in [1.807, 2.05) is 0 Å². The number of rotatable bonds is 4. The molecule has 1 aliphatic carbocycles. The highest BCUT2D eigenvalue weighted by Gasteiger charge is 2.34. The van der Waals surface area contributed by atoms with Crippen LogP contribution in [0.25, 0.3) is 0 Å². The van der Waals surface area contributed by atoms with Gasteiger partial charge < -0.3 is 10.2 Å². The van der Waals surface area contributed by atoms with Crippen molar-refractivity contribution in [2.75, 3.05) is 37.7 Å². The van der Waals surface area contributed by atoms with Crippen LogP contribution in [0.3, 0.4) is 0 Å². The van der Waals surface area contributed by atoms with Gasteiger partial charge in [0.2, 0.25) is 0 Å². The SMILES string of the molecule is CCNC1CC(C)CC(C)C1CN1CCSCC1. The lowest BCUT2D eigenvalue weighted by Gasteiger charge is -2.43. The minimum Gasteiger partial charge on any atom is -0.314 e. The first-order valence-corrected chi connectivity index (χ1v) is 8.89. The fourth-order valence-electron chi connectivity index (χ4n) is 3.80. The molecular weight excluding hydrogens is 240 g/mol. The van der Waals surface area contributed by atoms with Crippen molar-refractivity contribution < 1.29 is 0 Å². The predicted octanol–water partition coefficient (Wildman–Crippen LogP) is 2.70. The van der Waals surface area contributed by atoms with Crippen LogP contribution in [0.2, 0.25) is 0 Å². The molecule has 2 fully saturated rings. The summed E-state index contributed by atoms with van der Waals surface area (Å²) in [5, 5.41) is 3.75. The van der Waals surface area contributed by atoms with E-state index in [4.69, 9.17) is 0 Å². The zero-order chi connectivity index (χ0) is 13.0. The third kappa shape index (κ3) is 3.88. The van der Waals surface area contributed by atoms with Crippen LogP contribution >= 0.6 is 11.8 Å². The van der Waals surface area contributed by atoms with Crippen LogP contribution in [0.1, 0.15) is 33.6 Å². The van der Waals surface area contributed by atoms with E-state index in [0.29, 0.717) is 0 Å². The summed E-state index contributed by atoms with van der Waals surface area (Å²) in [5.74, 6) is 5.32. The number of nitrogens with zero attached hydrogens (tertiary/aromatic N) is 1. The van der Waals surface area contributed by atoms with E-state index in [1.54, 1.807) is 0 Å². The second-order valence-corrected chi connectivity index (χ2v) is 7.52. The number of nitrogens with one attached hydrogen (secondary N) is 1. The van der Waals surface area contributed by atoms with Gasteiger partial charge >= 0.3 is 0 Å². The summed E-state index contributed by atoms with van der Waals surface area (Å²) in [6.45, 7) is 12.2. The van der Waals surface area contributed by atoms with Gasteiger partial charge in [0.05, 0.1) is 0 Å². The van der Waals surface area contributed by atoms with Crippen molar-refractivity contribution in [2.45, 2.75) is 39.7 Å². The molecule has 3 heteroatoms. The molecule has 4 unspecified atom stereocenters. The second kappa shape index (κ2) is 7.16. The predicted molar refractivity (Wildman–Crippen MR) is 82.3 cm³/mol. The van der Waals surface area contributed by atoms with E-state index >= 15 is 0 Å². The number of hydrogen-bond donors (Lipinski definition) is 1. The molecule has 1 saturated carbocycles. The van der Waals surface area contributed by atoms with E-state index < -0.39 is 0 Å². The van der Waals surface area contributed by atoms with Crippen LogP contribution < -0.4 is 5.32 Å². The highest BCUT2D eigenvalue weighted by atomic mass is 32.2. The second-order valence-electron chi connectivity index (χ2n) is 6.29. The van der Waals surface area contributed by atoms with E-state index in [2.05, 4.69) is 42.7 Å². The van der Waals surface area contributed by atoms with Crippen molar-refractivity contribution in [2.24, 2.45) is 17.8 Å². The van der Waals surface area contributed by atoms with Crippen LogP contribution in [0.5, 0.6) is 0 Å². The van der Waals surface area contributed by atoms with Crippen LogP contribution in [0, 0.1) is 17.8 Å². The Labute approximate surface area is 117 Å². The molecule has 1 N–H and O–H groups in total. The third-order valence-electron chi connectivity index (χ3n) is 4.72. The van der Waals surface area contributed by atoms with Gasteiger partial charge in [-0.1, -0.05) is 20.8 Å². The first-order chi connectivity index (χ1) is 8.70. The van der Waals surface area contributed by atoms with Gasteiger partial charge in [-0.15, -0.1) is 0 Å². The lowest BCUT2D eigenvalue weighted by Crippen LogP contribution is -2.50. The Morgan fingerprint density at radius 1 is 1.17 bits per heavy atom. The van der Waals surface area contributed by atoms with Crippen LogP contribution in [0.4, 0.5) is 0 Å². The third-order valence-corrected chi connectivity index (χ3v) is 5.66. The van der Waals surface area contributed by atoms with Gasteiger partial charge in [-0.3, -0.25) is 0 Å². The van der Waals surface area contributed by atoms with E-state index in [0.717, 1.165) is 30.3 Å². The molecule has 4 atom stereocenters. The van der Waals surface area contributed by atoms with Gasteiger partial charge in [0.25, 0.3) is 0 Å². The van der Waals surface area contributed by atoms with Gasteiger partial charge in [0, 0.05) is 37.2 Å². The Bertz CT molecular complexity index is 241. The maximum absolute atomic E-state index is 3.75. The number of thioether (sulfide) groups is 1. The first kappa shape index (κ1) is 14.7. The Morgan fingerprint density at radius 3 is 2.56 bits per heavy atom. The van der Waals surface area contributed by atoms with Crippen molar-refractivity contribution in [3.8, 4) is 0 Å². The zero-order valence-corrected chi connectivity index (χ0v) is 13.1. The normalized spacial score (nSPS) is 38.8. The largest absolute Gasteiger partial charge is 0.314 e. The molecule has 0 bridgehead atoms. The molecule has 0 amide bonds. The topological polar surface area (TPSA) is 15.3 Å². The minimum absolute atomic E-state index is 0.753. The van der Waals surface area contributed by atoms with Crippen molar-refractivity contribution in [3.05, 3.63) is 0 Å². The van der Waals surface area contributed by atoms with Gasteiger partial charge in [0.1, 0.15) is 0 Å². The van der Waals surface area contributed by atoms with Gasteiger partial charge in [0.15, 0.2) is 0 Å². The molecule has 2 nitrogen and oxygen atoms in total. The van der Waals surface area contributed by atoms with E-state index in [9.17, 15) is 0 Å².